The zero-order valence-electron chi connectivity index (χ0n) is 14.7. The van der Waals surface area contributed by atoms with Crippen LogP contribution in [0.2, 0.25) is 0 Å². The second kappa shape index (κ2) is 8.49. The molecule has 0 bridgehead atoms. The molecule has 8 heteroatoms. The minimum absolute atomic E-state index is 0.00252. The molecule has 3 rings (SSSR count). The number of benzene rings is 1. The summed E-state index contributed by atoms with van der Waals surface area (Å²) in [4.78, 5) is 29.8. The Kier molecular flexibility index (Phi) is 6.08. The summed E-state index contributed by atoms with van der Waals surface area (Å²) in [7, 11) is 0. The van der Waals surface area contributed by atoms with Crippen molar-refractivity contribution in [2.24, 2.45) is 0 Å². The van der Waals surface area contributed by atoms with E-state index in [0.717, 1.165) is 10.9 Å². The average Bonchev–Trinajstić information content (AvgIpc) is 2.89. The van der Waals surface area contributed by atoms with Crippen LogP contribution in [0.5, 0.6) is 5.75 Å². The van der Waals surface area contributed by atoms with E-state index >= 15 is 0 Å². The summed E-state index contributed by atoms with van der Waals surface area (Å²) in [6.45, 7) is 2.76. The van der Waals surface area contributed by atoms with Gasteiger partial charge in [-0.25, -0.2) is 4.98 Å². The summed E-state index contributed by atoms with van der Waals surface area (Å²) in [6, 6.07) is 9.51. The van der Waals surface area contributed by atoms with E-state index in [1.54, 1.807) is 6.08 Å². The number of hydrogen-bond donors (Lipinski definition) is 1. The van der Waals surface area contributed by atoms with E-state index < -0.39 is 5.97 Å². The zero-order chi connectivity index (χ0) is 19.4. The van der Waals surface area contributed by atoms with Crippen molar-refractivity contribution in [3.63, 3.8) is 0 Å². The Morgan fingerprint density at radius 1 is 1.37 bits per heavy atom. The van der Waals surface area contributed by atoms with Crippen LogP contribution in [0, 0.1) is 0 Å². The predicted molar refractivity (Wildman–Crippen MR) is 110 cm³/mol. The number of fused-ring (bicyclic) bond motifs is 1. The molecule has 1 aliphatic heterocycles. The number of carboxylic acids is 1. The fourth-order valence-electron chi connectivity index (χ4n) is 2.70. The van der Waals surface area contributed by atoms with Crippen molar-refractivity contribution in [3.05, 3.63) is 40.9 Å². The maximum Gasteiger partial charge on any atom is 0.303 e. The number of aliphatic carboxylic acids is 1. The molecule has 0 spiro atoms. The number of pyridine rings is 1. The minimum atomic E-state index is -0.888. The van der Waals surface area contributed by atoms with Gasteiger partial charge in [0, 0.05) is 18.4 Å². The van der Waals surface area contributed by atoms with Crippen molar-refractivity contribution >= 4 is 57.2 Å². The number of thioether (sulfide) groups is 1. The van der Waals surface area contributed by atoms with Gasteiger partial charge in [0.1, 0.15) is 15.6 Å². The molecular formula is C19H18N2O4S2. The SMILES string of the molecule is CCOc1cccc2ccc(/C=C3\SC(=S)N(CCCC(=O)O)C3=O)nc12. The smallest absolute Gasteiger partial charge is 0.303 e. The number of carbonyl (C=O) groups is 2. The van der Waals surface area contributed by atoms with E-state index in [-0.39, 0.29) is 12.3 Å². The van der Waals surface area contributed by atoms with Crippen molar-refractivity contribution in [1.82, 2.24) is 9.88 Å². The number of hydrogen-bond acceptors (Lipinski definition) is 6. The van der Waals surface area contributed by atoms with Gasteiger partial charge in [-0.15, -0.1) is 0 Å². The molecule has 0 atom stereocenters. The van der Waals surface area contributed by atoms with Crippen LogP contribution >= 0.6 is 24.0 Å². The van der Waals surface area contributed by atoms with E-state index in [1.807, 2.05) is 37.3 Å². The number of para-hydroxylation sites is 1. The lowest BCUT2D eigenvalue weighted by molar-refractivity contribution is -0.137. The van der Waals surface area contributed by atoms with Gasteiger partial charge in [0.2, 0.25) is 0 Å². The Morgan fingerprint density at radius 3 is 2.93 bits per heavy atom. The Bertz CT molecular complexity index is 942. The molecule has 27 heavy (non-hydrogen) atoms. The lowest BCUT2D eigenvalue weighted by Crippen LogP contribution is -2.29. The Balaban J connectivity index is 1.84. The molecule has 1 N–H and O–H groups in total. The van der Waals surface area contributed by atoms with Crippen LogP contribution in [-0.4, -0.2) is 44.3 Å². The summed E-state index contributed by atoms with van der Waals surface area (Å²) in [6.07, 6.45) is 2.07. The highest BCUT2D eigenvalue weighted by molar-refractivity contribution is 8.26. The fourth-order valence-corrected chi connectivity index (χ4v) is 4.00. The summed E-state index contributed by atoms with van der Waals surface area (Å²) in [5, 5.41) is 9.70. The molecule has 0 radical (unpaired) electrons. The molecule has 0 unspecified atom stereocenters. The van der Waals surface area contributed by atoms with E-state index in [2.05, 4.69) is 4.98 Å². The number of rotatable bonds is 7. The standard InChI is InChI=1S/C19H18N2O4S2/c1-2-25-14-6-3-5-12-8-9-13(20-17(12)14)11-15-18(24)21(19(26)27-15)10-4-7-16(22)23/h3,5-6,8-9,11H,2,4,7,10H2,1H3,(H,22,23)/b15-11-. The Morgan fingerprint density at radius 2 is 2.19 bits per heavy atom. The largest absolute Gasteiger partial charge is 0.492 e. The predicted octanol–water partition coefficient (Wildman–Crippen LogP) is 3.70. The first-order valence-electron chi connectivity index (χ1n) is 8.49. The minimum Gasteiger partial charge on any atom is -0.492 e. The van der Waals surface area contributed by atoms with Crippen molar-refractivity contribution in [2.75, 3.05) is 13.2 Å². The highest BCUT2D eigenvalue weighted by atomic mass is 32.2. The van der Waals surface area contributed by atoms with Gasteiger partial charge in [-0.2, -0.15) is 0 Å². The first kappa shape index (κ1) is 19.3. The third kappa shape index (κ3) is 4.45. The number of ether oxygens (including phenoxy) is 1. The molecule has 0 aliphatic carbocycles. The maximum atomic E-state index is 12.6. The molecule has 1 amide bonds. The number of carbonyl (C=O) groups excluding carboxylic acids is 1. The normalized spacial score (nSPS) is 15.7. The highest BCUT2D eigenvalue weighted by Gasteiger charge is 2.31. The number of thiocarbonyl (C=S) groups is 1. The summed E-state index contributed by atoms with van der Waals surface area (Å²) in [5.41, 5.74) is 1.38. The van der Waals surface area contributed by atoms with Crippen LogP contribution < -0.4 is 4.74 Å². The number of nitrogens with zero attached hydrogens (tertiary/aromatic N) is 2. The maximum absolute atomic E-state index is 12.6. The zero-order valence-corrected chi connectivity index (χ0v) is 16.3. The van der Waals surface area contributed by atoms with Crippen LogP contribution in [0.1, 0.15) is 25.5 Å². The molecule has 1 aromatic heterocycles. The van der Waals surface area contributed by atoms with Crippen molar-refractivity contribution in [2.45, 2.75) is 19.8 Å². The van der Waals surface area contributed by atoms with Crippen LogP contribution in [-0.2, 0) is 9.59 Å². The monoisotopic (exact) mass is 402 g/mol. The molecule has 1 aliphatic rings. The summed E-state index contributed by atoms with van der Waals surface area (Å²) in [5.74, 6) is -0.400. The van der Waals surface area contributed by atoms with Crippen LogP contribution in [0.3, 0.4) is 0 Å². The molecule has 140 valence electrons. The number of aromatic nitrogens is 1. The second-order valence-electron chi connectivity index (χ2n) is 5.83. The third-order valence-corrected chi connectivity index (χ3v) is 5.31. The van der Waals surface area contributed by atoms with Gasteiger partial charge in [0.25, 0.3) is 5.91 Å². The topological polar surface area (TPSA) is 79.7 Å². The number of amides is 1. The highest BCUT2D eigenvalue weighted by Crippen LogP contribution is 2.33. The van der Waals surface area contributed by atoms with Crippen LogP contribution in [0.25, 0.3) is 17.0 Å². The Labute approximate surface area is 166 Å². The van der Waals surface area contributed by atoms with Gasteiger partial charge in [-0.3, -0.25) is 14.5 Å². The molecule has 6 nitrogen and oxygen atoms in total. The quantitative estimate of drug-likeness (QED) is 0.559. The average molecular weight is 402 g/mol. The summed E-state index contributed by atoms with van der Waals surface area (Å²) < 4.78 is 6.07. The van der Waals surface area contributed by atoms with Gasteiger partial charge in [-0.1, -0.05) is 42.2 Å². The van der Waals surface area contributed by atoms with Gasteiger partial charge in [0.15, 0.2) is 0 Å². The molecular weight excluding hydrogens is 384 g/mol. The fraction of sp³-hybridized carbons (Fsp3) is 0.263. The van der Waals surface area contributed by atoms with Crippen molar-refractivity contribution in [3.8, 4) is 5.75 Å². The molecule has 1 aromatic carbocycles. The lowest BCUT2D eigenvalue weighted by atomic mass is 10.2. The van der Waals surface area contributed by atoms with Crippen molar-refractivity contribution in [1.29, 1.82) is 0 Å². The molecule has 1 saturated heterocycles. The molecule has 0 saturated carbocycles. The van der Waals surface area contributed by atoms with Gasteiger partial charge in [-0.05, 0) is 31.6 Å². The molecule has 2 heterocycles. The second-order valence-corrected chi connectivity index (χ2v) is 7.50. The van der Waals surface area contributed by atoms with Gasteiger partial charge >= 0.3 is 5.97 Å². The first-order chi connectivity index (χ1) is 13.0. The van der Waals surface area contributed by atoms with E-state index in [1.165, 1.54) is 16.7 Å². The molecule has 2 aromatic rings. The van der Waals surface area contributed by atoms with Gasteiger partial charge in [0.05, 0.1) is 17.2 Å². The van der Waals surface area contributed by atoms with Crippen LogP contribution in [0.4, 0.5) is 0 Å². The van der Waals surface area contributed by atoms with Gasteiger partial charge < -0.3 is 9.84 Å². The Hall–Kier alpha value is -2.45. The van der Waals surface area contributed by atoms with E-state index in [9.17, 15) is 9.59 Å². The summed E-state index contributed by atoms with van der Waals surface area (Å²) >= 11 is 6.47. The van der Waals surface area contributed by atoms with Crippen LogP contribution in [0.15, 0.2) is 35.2 Å². The van der Waals surface area contributed by atoms with E-state index in [0.29, 0.717) is 40.2 Å². The lowest BCUT2D eigenvalue weighted by Gasteiger charge is -2.13. The first-order valence-corrected chi connectivity index (χ1v) is 9.72. The molecule has 1 fully saturated rings. The number of carboxylic acid groups (broad SMARTS) is 1. The van der Waals surface area contributed by atoms with Crippen molar-refractivity contribution < 1.29 is 19.4 Å². The van der Waals surface area contributed by atoms with E-state index in [4.69, 9.17) is 22.1 Å². The third-order valence-electron chi connectivity index (χ3n) is 3.93.